The number of amides is 1. The van der Waals surface area contributed by atoms with E-state index in [-0.39, 0.29) is 36.4 Å². The molecule has 2 atom stereocenters. The average Bonchev–Trinajstić information content (AvgIpc) is 3.37. The van der Waals surface area contributed by atoms with Crippen LogP contribution >= 0.6 is 11.6 Å². The second-order valence-corrected chi connectivity index (χ2v) is 7.90. The summed E-state index contributed by atoms with van der Waals surface area (Å²) in [4.78, 5) is 13.9. The highest BCUT2D eigenvalue weighted by Gasteiger charge is 2.34. The fourth-order valence-corrected chi connectivity index (χ4v) is 4.40. The minimum absolute atomic E-state index is 0. The first kappa shape index (κ1) is 22.0. The van der Waals surface area contributed by atoms with Crippen molar-refractivity contribution in [3.05, 3.63) is 40.7 Å². The van der Waals surface area contributed by atoms with E-state index in [0.29, 0.717) is 11.6 Å². The second kappa shape index (κ2) is 9.84. The van der Waals surface area contributed by atoms with Crippen LogP contribution in [0.4, 0.5) is 0 Å². The molecule has 0 spiro atoms. The van der Waals surface area contributed by atoms with Crippen LogP contribution in [0.2, 0.25) is 5.02 Å². The highest BCUT2D eigenvalue weighted by atomic mass is 35.5. The molecule has 29 heavy (non-hydrogen) atoms. The van der Waals surface area contributed by atoms with Gasteiger partial charge in [-0.1, -0.05) is 29.8 Å². The molecular formula is C19H25Cl2N6O2-. The molecule has 0 saturated carbocycles. The summed E-state index contributed by atoms with van der Waals surface area (Å²) in [6.07, 6.45) is 3.67. The third kappa shape index (κ3) is 4.88. The fraction of sp³-hybridized carbons (Fsp3) is 0.579. The van der Waals surface area contributed by atoms with Gasteiger partial charge in [-0.05, 0) is 60.8 Å². The Hall–Kier alpha value is -1.74. The number of aromatic nitrogens is 4. The molecule has 0 radical (unpaired) electrons. The number of hydrogen-bond donors (Lipinski definition) is 1. The zero-order chi connectivity index (χ0) is 19.5. The van der Waals surface area contributed by atoms with Crippen LogP contribution in [0, 0.1) is 5.92 Å². The molecule has 2 aliphatic rings. The van der Waals surface area contributed by atoms with E-state index >= 15 is 0 Å². The Morgan fingerprint density at radius 3 is 2.69 bits per heavy atom. The van der Waals surface area contributed by atoms with Gasteiger partial charge >= 0.3 is 0 Å². The number of nitrogens with zero attached hydrogens (tertiary/aromatic N) is 5. The summed E-state index contributed by atoms with van der Waals surface area (Å²) in [5.74, 6) is 0.448. The summed E-state index contributed by atoms with van der Waals surface area (Å²) < 4.78 is 7.61. The molecule has 2 aromatic rings. The molecule has 2 fully saturated rings. The van der Waals surface area contributed by atoms with Crippen molar-refractivity contribution in [3.63, 3.8) is 0 Å². The zero-order valence-corrected chi connectivity index (χ0v) is 17.6. The number of halogens is 2. The van der Waals surface area contributed by atoms with Gasteiger partial charge in [0.1, 0.15) is 0 Å². The summed E-state index contributed by atoms with van der Waals surface area (Å²) in [7, 11) is 0. The number of benzene rings is 1. The Kier molecular flexibility index (Phi) is 7.45. The minimum Gasteiger partial charge on any atom is -1.00 e. The van der Waals surface area contributed by atoms with Crippen LogP contribution in [-0.2, 0) is 16.1 Å². The summed E-state index contributed by atoms with van der Waals surface area (Å²) in [6, 6.07) is 7.60. The van der Waals surface area contributed by atoms with Gasteiger partial charge in [-0.2, -0.15) is 0 Å². The molecule has 8 nitrogen and oxygen atoms in total. The van der Waals surface area contributed by atoms with Crippen LogP contribution in [0.5, 0.6) is 0 Å². The summed E-state index contributed by atoms with van der Waals surface area (Å²) in [5, 5.41) is 13.2. The van der Waals surface area contributed by atoms with E-state index in [0.717, 1.165) is 56.8 Å². The monoisotopic (exact) mass is 439 g/mol. The number of carbonyl (C=O) groups is 1. The van der Waals surface area contributed by atoms with Gasteiger partial charge in [-0.25, -0.2) is 4.68 Å². The fourth-order valence-electron chi connectivity index (χ4n) is 4.16. The van der Waals surface area contributed by atoms with Gasteiger partial charge in [0.05, 0.1) is 18.7 Å². The van der Waals surface area contributed by atoms with Gasteiger partial charge in [0.2, 0.25) is 5.91 Å². The Morgan fingerprint density at radius 2 is 2.03 bits per heavy atom. The molecule has 2 aliphatic heterocycles. The summed E-state index contributed by atoms with van der Waals surface area (Å²) in [5.41, 5.74) is 6.47. The van der Waals surface area contributed by atoms with Gasteiger partial charge in [-0.3, -0.25) is 9.69 Å². The second-order valence-electron chi connectivity index (χ2n) is 7.49. The quantitative estimate of drug-likeness (QED) is 0.606. The number of hydrogen-bond acceptors (Lipinski definition) is 6. The Bertz CT molecular complexity index is 819. The molecule has 4 rings (SSSR count). The Labute approximate surface area is 181 Å². The molecule has 2 unspecified atom stereocenters. The van der Waals surface area contributed by atoms with Crippen LogP contribution in [0.3, 0.4) is 0 Å². The van der Waals surface area contributed by atoms with Crippen molar-refractivity contribution in [2.75, 3.05) is 19.7 Å². The first-order valence-corrected chi connectivity index (χ1v) is 10.2. The molecule has 1 amide bonds. The van der Waals surface area contributed by atoms with E-state index in [4.69, 9.17) is 22.1 Å². The maximum Gasteiger partial charge on any atom is 0.220 e. The van der Waals surface area contributed by atoms with Gasteiger partial charge < -0.3 is 22.9 Å². The van der Waals surface area contributed by atoms with E-state index in [1.165, 1.54) is 0 Å². The van der Waals surface area contributed by atoms with Gasteiger partial charge in [0.15, 0.2) is 5.82 Å². The molecular weight excluding hydrogens is 415 g/mol. The molecule has 2 N–H and O–H groups in total. The van der Waals surface area contributed by atoms with Crippen LogP contribution in [-0.4, -0.2) is 56.8 Å². The van der Waals surface area contributed by atoms with E-state index < -0.39 is 0 Å². The van der Waals surface area contributed by atoms with Crippen molar-refractivity contribution in [2.24, 2.45) is 11.7 Å². The third-order valence-corrected chi connectivity index (χ3v) is 6.05. The number of rotatable bonds is 6. The Balaban J connectivity index is 0.00000240. The van der Waals surface area contributed by atoms with Gasteiger partial charge in [0, 0.05) is 17.5 Å². The number of likely N-dealkylation sites (tertiary alicyclic amines) is 1. The molecule has 10 heteroatoms. The SMILES string of the molecule is NC(=O)C1CCN(C(c2ccccc2Cl)c2nnnn2CC2CCCO2)CC1.[Cl-]. The van der Waals surface area contributed by atoms with Crippen molar-refractivity contribution < 1.29 is 21.9 Å². The van der Waals surface area contributed by atoms with Gasteiger partial charge in [-0.15, -0.1) is 5.10 Å². The highest BCUT2D eigenvalue weighted by molar-refractivity contribution is 6.31. The number of piperidine rings is 1. The lowest BCUT2D eigenvalue weighted by atomic mass is 9.93. The first-order valence-electron chi connectivity index (χ1n) is 9.79. The summed E-state index contributed by atoms with van der Waals surface area (Å²) in [6.45, 7) is 2.88. The standard InChI is InChI=1S/C19H25ClN6O2.ClH/c20-16-6-2-1-5-15(16)17(25-9-7-13(8-10-25)18(21)27)19-22-23-24-26(19)12-14-4-3-11-28-14;/h1-2,5-6,13-14,17H,3-4,7-12H2,(H2,21,27);1H/p-1. The van der Waals surface area contributed by atoms with E-state index in [1.807, 2.05) is 28.9 Å². The number of tetrazole rings is 1. The molecule has 0 bridgehead atoms. The first-order chi connectivity index (χ1) is 13.6. The van der Waals surface area contributed by atoms with Crippen LogP contribution < -0.4 is 18.1 Å². The normalized spacial score (nSPS) is 21.6. The van der Waals surface area contributed by atoms with Crippen LogP contribution in [0.1, 0.15) is 43.1 Å². The number of primary amides is 1. The molecule has 1 aromatic carbocycles. The van der Waals surface area contributed by atoms with E-state index in [9.17, 15) is 4.79 Å². The predicted molar refractivity (Wildman–Crippen MR) is 104 cm³/mol. The molecule has 158 valence electrons. The highest BCUT2D eigenvalue weighted by Crippen LogP contribution is 2.35. The lowest BCUT2D eigenvalue weighted by molar-refractivity contribution is -0.123. The van der Waals surface area contributed by atoms with Crippen molar-refractivity contribution in [1.29, 1.82) is 0 Å². The molecule has 1 aromatic heterocycles. The van der Waals surface area contributed by atoms with Crippen LogP contribution in [0.25, 0.3) is 0 Å². The van der Waals surface area contributed by atoms with Gasteiger partial charge in [0.25, 0.3) is 0 Å². The van der Waals surface area contributed by atoms with Crippen LogP contribution in [0.15, 0.2) is 24.3 Å². The van der Waals surface area contributed by atoms with Crippen molar-refractivity contribution in [3.8, 4) is 0 Å². The molecule has 0 aliphatic carbocycles. The topological polar surface area (TPSA) is 99.2 Å². The lowest BCUT2D eigenvalue weighted by Gasteiger charge is -2.36. The average molecular weight is 440 g/mol. The molecule has 2 saturated heterocycles. The number of nitrogens with two attached hydrogens (primary N) is 1. The minimum atomic E-state index is -0.225. The number of carbonyl (C=O) groups excluding carboxylic acids is 1. The predicted octanol–water partition coefficient (Wildman–Crippen LogP) is -1.20. The van der Waals surface area contributed by atoms with Crippen molar-refractivity contribution >= 4 is 17.5 Å². The maximum absolute atomic E-state index is 11.6. The van der Waals surface area contributed by atoms with E-state index in [2.05, 4.69) is 20.4 Å². The van der Waals surface area contributed by atoms with Crippen molar-refractivity contribution in [1.82, 2.24) is 25.1 Å². The lowest BCUT2D eigenvalue weighted by Crippen LogP contribution is -3.00. The summed E-state index contributed by atoms with van der Waals surface area (Å²) >= 11 is 6.55. The molecule has 3 heterocycles. The largest absolute Gasteiger partial charge is 1.00 e. The third-order valence-electron chi connectivity index (χ3n) is 5.70. The zero-order valence-electron chi connectivity index (χ0n) is 16.1. The Morgan fingerprint density at radius 1 is 1.28 bits per heavy atom. The van der Waals surface area contributed by atoms with E-state index in [1.54, 1.807) is 0 Å². The van der Waals surface area contributed by atoms with Crippen molar-refractivity contribution in [2.45, 2.75) is 44.4 Å². The number of ether oxygens (including phenoxy) is 1. The maximum atomic E-state index is 11.6. The smallest absolute Gasteiger partial charge is 0.220 e.